The molecule has 0 fully saturated rings. The molecule has 0 aliphatic heterocycles. The number of benzene rings is 1. The maximum absolute atomic E-state index is 9.04. The summed E-state index contributed by atoms with van der Waals surface area (Å²) in [5, 5.41) is 18.1. The zero-order valence-corrected chi connectivity index (χ0v) is 8.31. The van der Waals surface area contributed by atoms with Gasteiger partial charge in [-0.1, -0.05) is 31.5 Å². The number of unbranched alkanes of at least 4 members (excludes halogenated alkanes) is 1. The quantitative estimate of drug-likeness (QED) is 0.531. The third kappa shape index (κ3) is 3.05. The van der Waals surface area contributed by atoms with E-state index >= 15 is 0 Å². The summed E-state index contributed by atoms with van der Waals surface area (Å²) in [5.74, 6) is 0.552. The van der Waals surface area contributed by atoms with E-state index in [1.165, 1.54) is 0 Å². The summed E-state index contributed by atoms with van der Waals surface area (Å²) >= 11 is 0. The van der Waals surface area contributed by atoms with E-state index in [9.17, 15) is 0 Å². The smallest absolute Gasteiger partial charge is 0.492 e. The second-order valence-electron chi connectivity index (χ2n) is 3.11. The highest BCUT2D eigenvalue weighted by Crippen LogP contribution is 2.07. The van der Waals surface area contributed by atoms with Crippen LogP contribution in [-0.4, -0.2) is 23.8 Å². The van der Waals surface area contributed by atoms with E-state index in [4.69, 9.17) is 14.8 Å². The van der Waals surface area contributed by atoms with Crippen molar-refractivity contribution in [2.24, 2.45) is 0 Å². The van der Waals surface area contributed by atoms with E-state index in [0.29, 0.717) is 17.8 Å². The van der Waals surface area contributed by atoms with Gasteiger partial charge in [0.25, 0.3) is 0 Å². The van der Waals surface area contributed by atoms with Crippen LogP contribution in [-0.2, 0) is 0 Å². The summed E-state index contributed by atoms with van der Waals surface area (Å²) in [6.45, 7) is 2.69. The Balaban J connectivity index is 2.64. The van der Waals surface area contributed by atoms with Crippen LogP contribution >= 0.6 is 0 Å². The van der Waals surface area contributed by atoms with Crippen LogP contribution in [0.5, 0.6) is 5.75 Å². The minimum atomic E-state index is -1.46. The Morgan fingerprint density at radius 2 is 2.00 bits per heavy atom. The SMILES string of the molecule is CCCCOc1ccccc1B(O)O. The van der Waals surface area contributed by atoms with Crippen LogP contribution in [0.15, 0.2) is 24.3 Å². The molecule has 0 aliphatic rings. The molecule has 0 bridgehead atoms. The summed E-state index contributed by atoms with van der Waals surface area (Å²) in [6.07, 6.45) is 2.03. The van der Waals surface area contributed by atoms with Gasteiger partial charge in [-0.15, -0.1) is 0 Å². The first-order valence-corrected chi connectivity index (χ1v) is 4.83. The summed E-state index contributed by atoms with van der Waals surface area (Å²) in [7, 11) is -1.46. The first kappa shape index (κ1) is 11.1. The molecule has 0 saturated carbocycles. The van der Waals surface area contributed by atoms with Crippen molar-refractivity contribution in [2.75, 3.05) is 6.61 Å². The number of rotatable bonds is 5. The minimum Gasteiger partial charge on any atom is -0.494 e. The molecule has 1 rings (SSSR count). The van der Waals surface area contributed by atoms with Crippen molar-refractivity contribution in [3.05, 3.63) is 24.3 Å². The molecule has 0 spiro atoms. The molecule has 1 aromatic carbocycles. The maximum Gasteiger partial charge on any atom is 0.492 e. The molecule has 14 heavy (non-hydrogen) atoms. The Hall–Kier alpha value is -0.995. The Labute approximate surface area is 84.5 Å². The normalized spacial score (nSPS) is 9.93. The van der Waals surface area contributed by atoms with Gasteiger partial charge in [-0.2, -0.15) is 0 Å². The molecule has 1 aromatic rings. The van der Waals surface area contributed by atoms with Gasteiger partial charge in [-0.25, -0.2) is 0 Å². The van der Waals surface area contributed by atoms with Crippen molar-refractivity contribution < 1.29 is 14.8 Å². The lowest BCUT2D eigenvalue weighted by Crippen LogP contribution is -2.31. The zero-order valence-electron chi connectivity index (χ0n) is 8.31. The second-order valence-corrected chi connectivity index (χ2v) is 3.11. The molecule has 2 N–H and O–H groups in total. The molecule has 0 aliphatic carbocycles. The average molecular weight is 194 g/mol. The Kier molecular flexibility index (Phi) is 4.49. The van der Waals surface area contributed by atoms with Gasteiger partial charge >= 0.3 is 7.12 Å². The van der Waals surface area contributed by atoms with E-state index in [-0.39, 0.29) is 0 Å². The van der Waals surface area contributed by atoms with Gasteiger partial charge in [0, 0.05) is 5.46 Å². The van der Waals surface area contributed by atoms with Gasteiger partial charge in [0.2, 0.25) is 0 Å². The lowest BCUT2D eigenvalue weighted by atomic mass is 9.79. The van der Waals surface area contributed by atoms with Gasteiger partial charge in [0.05, 0.1) is 6.61 Å². The van der Waals surface area contributed by atoms with E-state index in [2.05, 4.69) is 6.92 Å². The van der Waals surface area contributed by atoms with Gasteiger partial charge in [0.1, 0.15) is 5.75 Å². The van der Waals surface area contributed by atoms with Crippen molar-refractivity contribution in [2.45, 2.75) is 19.8 Å². The fourth-order valence-electron chi connectivity index (χ4n) is 1.15. The largest absolute Gasteiger partial charge is 0.494 e. The molecular weight excluding hydrogens is 179 g/mol. The van der Waals surface area contributed by atoms with Crippen LogP contribution in [0.25, 0.3) is 0 Å². The minimum absolute atomic E-state index is 0.420. The molecule has 0 amide bonds. The van der Waals surface area contributed by atoms with E-state index < -0.39 is 7.12 Å². The molecule has 0 unspecified atom stereocenters. The first-order valence-electron chi connectivity index (χ1n) is 4.83. The third-order valence-corrected chi connectivity index (χ3v) is 1.95. The monoisotopic (exact) mass is 194 g/mol. The number of hydrogen-bond donors (Lipinski definition) is 2. The Morgan fingerprint density at radius 3 is 2.64 bits per heavy atom. The molecular formula is C10H15BO3. The van der Waals surface area contributed by atoms with Crippen LogP contribution in [0.3, 0.4) is 0 Å². The van der Waals surface area contributed by atoms with Crippen LogP contribution in [0.2, 0.25) is 0 Å². The van der Waals surface area contributed by atoms with E-state index in [1.807, 2.05) is 6.07 Å². The summed E-state index contributed by atoms with van der Waals surface area (Å²) < 4.78 is 5.42. The van der Waals surface area contributed by atoms with E-state index in [0.717, 1.165) is 12.8 Å². The van der Waals surface area contributed by atoms with Crippen LogP contribution in [0.4, 0.5) is 0 Å². The average Bonchev–Trinajstić information content (AvgIpc) is 2.19. The fraction of sp³-hybridized carbons (Fsp3) is 0.400. The first-order chi connectivity index (χ1) is 6.75. The standard InChI is InChI=1S/C10H15BO3/c1-2-3-8-14-10-7-5-4-6-9(10)11(12)13/h4-7,12-13H,2-3,8H2,1H3. The molecule has 0 aromatic heterocycles. The van der Waals surface area contributed by atoms with Crippen molar-refractivity contribution in [1.29, 1.82) is 0 Å². The number of hydrogen-bond acceptors (Lipinski definition) is 3. The predicted octanol–water partition coefficient (Wildman–Crippen LogP) is 0.545. The topological polar surface area (TPSA) is 49.7 Å². The van der Waals surface area contributed by atoms with Crippen LogP contribution in [0.1, 0.15) is 19.8 Å². The summed E-state index contributed by atoms with van der Waals surface area (Å²) in [5.41, 5.74) is 0.420. The van der Waals surface area contributed by atoms with Crippen molar-refractivity contribution in [1.82, 2.24) is 0 Å². The predicted molar refractivity (Wildman–Crippen MR) is 56.7 cm³/mol. The van der Waals surface area contributed by atoms with Gasteiger partial charge < -0.3 is 14.8 Å². The summed E-state index contributed by atoms with van der Waals surface area (Å²) in [6, 6.07) is 6.95. The van der Waals surface area contributed by atoms with Gasteiger partial charge in [-0.3, -0.25) is 0 Å². The lowest BCUT2D eigenvalue weighted by molar-refractivity contribution is 0.310. The maximum atomic E-state index is 9.04. The van der Waals surface area contributed by atoms with Crippen molar-refractivity contribution >= 4 is 12.6 Å². The molecule has 76 valence electrons. The van der Waals surface area contributed by atoms with Crippen molar-refractivity contribution in [3.8, 4) is 5.75 Å². The molecule has 3 nitrogen and oxygen atoms in total. The molecule has 4 heteroatoms. The Bertz CT molecular complexity index is 276. The number of para-hydroxylation sites is 1. The van der Waals surface area contributed by atoms with Gasteiger partial charge in [0.15, 0.2) is 0 Å². The second kappa shape index (κ2) is 5.68. The summed E-state index contributed by atoms with van der Waals surface area (Å²) in [4.78, 5) is 0. The molecule has 0 atom stereocenters. The van der Waals surface area contributed by atoms with Gasteiger partial charge in [-0.05, 0) is 12.5 Å². The molecule has 0 radical (unpaired) electrons. The highest BCUT2D eigenvalue weighted by molar-refractivity contribution is 6.59. The third-order valence-electron chi connectivity index (χ3n) is 1.95. The van der Waals surface area contributed by atoms with E-state index in [1.54, 1.807) is 18.2 Å². The van der Waals surface area contributed by atoms with Crippen LogP contribution in [0, 0.1) is 0 Å². The highest BCUT2D eigenvalue weighted by Gasteiger charge is 2.15. The van der Waals surface area contributed by atoms with Crippen molar-refractivity contribution in [3.63, 3.8) is 0 Å². The van der Waals surface area contributed by atoms with Crippen LogP contribution < -0.4 is 10.2 Å². The molecule has 0 heterocycles. The molecule has 0 saturated heterocycles. The highest BCUT2D eigenvalue weighted by atomic mass is 16.5. The zero-order chi connectivity index (χ0) is 10.4. The Morgan fingerprint density at radius 1 is 1.29 bits per heavy atom. The number of ether oxygens (including phenoxy) is 1. The lowest BCUT2D eigenvalue weighted by Gasteiger charge is -2.09. The fourth-order valence-corrected chi connectivity index (χ4v) is 1.15.